The van der Waals surface area contributed by atoms with Crippen LogP contribution < -0.4 is 0 Å². The molecule has 4 heteroatoms. The fourth-order valence-corrected chi connectivity index (χ4v) is 2.45. The normalized spacial score (nSPS) is 20.1. The summed E-state index contributed by atoms with van der Waals surface area (Å²) in [4.78, 5) is 14.0. The lowest BCUT2D eigenvalue weighted by Gasteiger charge is -2.16. The third-order valence-corrected chi connectivity index (χ3v) is 3.51. The molecule has 16 heavy (non-hydrogen) atoms. The van der Waals surface area contributed by atoms with Crippen molar-refractivity contribution < 1.29 is 9.53 Å². The van der Waals surface area contributed by atoms with Crippen LogP contribution in [-0.4, -0.2) is 37.1 Å². The summed E-state index contributed by atoms with van der Waals surface area (Å²) in [7, 11) is 1.70. The molecule has 86 valence electrons. The maximum absolute atomic E-state index is 12.1. The van der Waals surface area contributed by atoms with Gasteiger partial charge in [-0.1, -0.05) is 6.07 Å². The number of likely N-dealkylation sites (tertiary alicyclic amines) is 1. The van der Waals surface area contributed by atoms with Gasteiger partial charge in [0.25, 0.3) is 5.91 Å². The van der Waals surface area contributed by atoms with Crippen LogP contribution in [0.1, 0.15) is 16.8 Å². The lowest BCUT2D eigenvalue weighted by atomic mass is 10.2. The monoisotopic (exact) mass is 331 g/mol. The molecule has 1 heterocycles. The number of methoxy groups -OCH3 is 1. The van der Waals surface area contributed by atoms with Gasteiger partial charge >= 0.3 is 0 Å². The van der Waals surface area contributed by atoms with Gasteiger partial charge in [-0.15, -0.1) is 0 Å². The second-order valence-electron chi connectivity index (χ2n) is 3.91. The highest BCUT2D eigenvalue weighted by Gasteiger charge is 2.26. The molecular weight excluding hydrogens is 317 g/mol. The van der Waals surface area contributed by atoms with E-state index in [-0.39, 0.29) is 12.0 Å². The van der Waals surface area contributed by atoms with Crippen molar-refractivity contribution in [2.24, 2.45) is 0 Å². The largest absolute Gasteiger partial charge is 0.380 e. The van der Waals surface area contributed by atoms with Crippen molar-refractivity contribution >= 4 is 28.5 Å². The summed E-state index contributed by atoms with van der Waals surface area (Å²) in [5, 5.41) is 0. The standard InChI is InChI=1S/C12H14INO2/c1-16-11-5-6-14(8-11)12(15)9-3-2-4-10(13)7-9/h2-4,7,11H,5-6,8H2,1H3. The number of hydrogen-bond acceptors (Lipinski definition) is 2. The van der Waals surface area contributed by atoms with E-state index >= 15 is 0 Å². The Balaban J connectivity index is 2.08. The van der Waals surface area contributed by atoms with E-state index in [0.717, 1.165) is 22.1 Å². The lowest BCUT2D eigenvalue weighted by Crippen LogP contribution is -2.29. The summed E-state index contributed by atoms with van der Waals surface area (Å²) in [6, 6.07) is 7.69. The third-order valence-electron chi connectivity index (χ3n) is 2.84. The molecule has 3 nitrogen and oxygen atoms in total. The second-order valence-corrected chi connectivity index (χ2v) is 5.15. The first-order chi connectivity index (χ1) is 7.70. The van der Waals surface area contributed by atoms with Crippen LogP contribution in [-0.2, 0) is 4.74 Å². The van der Waals surface area contributed by atoms with Gasteiger partial charge in [0.2, 0.25) is 0 Å². The van der Waals surface area contributed by atoms with Crippen molar-refractivity contribution in [1.82, 2.24) is 4.90 Å². The number of rotatable bonds is 2. The van der Waals surface area contributed by atoms with Crippen molar-refractivity contribution in [1.29, 1.82) is 0 Å². The van der Waals surface area contributed by atoms with E-state index in [2.05, 4.69) is 22.6 Å². The molecule has 2 rings (SSSR count). The minimum absolute atomic E-state index is 0.109. The zero-order valence-corrected chi connectivity index (χ0v) is 11.3. The van der Waals surface area contributed by atoms with E-state index in [9.17, 15) is 4.79 Å². The maximum Gasteiger partial charge on any atom is 0.253 e. The number of nitrogens with zero attached hydrogens (tertiary/aromatic N) is 1. The molecule has 1 atom stereocenters. The summed E-state index contributed by atoms with van der Waals surface area (Å²) < 4.78 is 6.34. The van der Waals surface area contributed by atoms with Gasteiger partial charge in [0.1, 0.15) is 0 Å². The first-order valence-electron chi connectivity index (χ1n) is 5.28. The Morgan fingerprint density at radius 1 is 1.56 bits per heavy atom. The van der Waals surface area contributed by atoms with Gasteiger partial charge in [0.05, 0.1) is 6.10 Å². The molecule has 0 spiro atoms. The van der Waals surface area contributed by atoms with E-state index in [1.54, 1.807) is 7.11 Å². The SMILES string of the molecule is COC1CCN(C(=O)c2cccc(I)c2)C1. The van der Waals surface area contributed by atoms with Crippen molar-refractivity contribution in [3.63, 3.8) is 0 Å². The van der Waals surface area contributed by atoms with Crippen LogP contribution >= 0.6 is 22.6 Å². The molecule has 0 radical (unpaired) electrons. The Labute approximate surface area is 109 Å². The summed E-state index contributed by atoms with van der Waals surface area (Å²) >= 11 is 2.22. The number of ether oxygens (including phenoxy) is 1. The van der Waals surface area contributed by atoms with Gasteiger partial charge in [-0.05, 0) is 47.2 Å². The Morgan fingerprint density at radius 3 is 3.00 bits per heavy atom. The molecule has 1 aliphatic heterocycles. The minimum Gasteiger partial charge on any atom is -0.380 e. The molecule has 1 amide bonds. The summed E-state index contributed by atoms with van der Waals surface area (Å²) in [5.41, 5.74) is 0.767. The highest BCUT2D eigenvalue weighted by molar-refractivity contribution is 14.1. The molecule has 1 fully saturated rings. The average molecular weight is 331 g/mol. The Hall–Kier alpha value is -0.620. The molecular formula is C12H14INO2. The van der Waals surface area contributed by atoms with Crippen LogP contribution in [0.2, 0.25) is 0 Å². The van der Waals surface area contributed by atoms with E-state index in [0.29, 0.717) is 6.54 Å². The smallest absolute Gasteiger partial charge is 0.253 e. The quantitative estimate of drug-likeness (QED) is 0.778. The first kappa shape index (κ1) is 11.9. The van der Waals surface area contributed by atoms with Crippen molar-refractivity contribution in [3.8, 4) is 0 Å². The maximum atomic E-state index is 12.1. The highest BCUT2D eigenvalue weighted by atomic mass is 127. The Bertz CT molecular complexity index is 394. The molecule has 0 aliphatic carbocycles. The van der Waals surface area contributed by atoms with Crippen molar-refractivity contribution in [2.75, 3.05) is 20.2 Å². The van der Waals surface area contributed by atoms with Crippen LogP contribution in [0.25, 0.3) is 0 Å². The van der Waals surface area contributed by atoms with Gasteiger partial charge in [-0.25, -0.2) is 0 Å². The molecule has 0 bridgehead atoms. The second kappa shape index (κ2) is 5.14. The van der Waals surface area contributed by atoms with Gasteiger partial charge in [0, 0.05) is 29.3 Å². The Morgan fingerprint density at radius 2 is 2.38 bits per heavy atom. The van der Waals surface area contributed by atoms with Crippen molar-refractivity contribution in [3.05, 3.63) is 33.4 Å². The van der Waals surface area contributed by atoms with Gasteiger partial charge in [-0.2, -0.15) is 0 Å². The number of benzene rings is 1. The fraction of sp³-hybridized carbons (Fsp3) is 0.417. The van der Waals surface area contributed by atoms with Crippen LogP contribution in [0.3, 0.4) is 0 Å². The van der Waals surface area contributed by atoms with Gasteiger partial charge < -0.3 is 9.64 Å². The molecule has 0 N–H and O–H groups in total. The molecule has 0 saturated carbocycles. The predicted octanol–water partition coefficient (Wildman–Crippen LogP) is 2.15. The molecule has 1 aromatic rings. The summed E-state index contributed by atoms with van der Waals surface area (Å²) in [5.74, 6) is 0.109. The first-order valence-corrected chi connectivity index (χ1v) is 6.36. The van der Waals surface area contributed by atoms with Crippen LogP contribution in [0, 0.1) is 3.57 Å². The van der Waals surface area contributed by atoms with Crippen LogP contribution in [0.5, 0.6) is 0 Å². The van der Waals surface area contributed by atoms with Gasteiger partial charge in [-0.3, -0.25) is 4.79 Å². The molecule has 1 unspecified atom stereocenters. The number of carbonyl (C=O) groups excluding carboxylic acids is 1. The van der Waals surface area contributed by atoms with E-state index < -0.39 is 0 Å². The number of carbonyl (C=O) groups is 1. The van der Waals surface area contributed by atoms with E-state index in [4.69, 9.17) is 4.74 Å². The number of hydrogen-bond donors (Lipinski definition) is 0. The molecule has 0 aromatic heterocycles. The molecule has 1 aliphatic rings. The lowest BCUT2D eigenvalue weighted by molar-refractivity contribution is 0.0724. The molecule has 1 aromatic carbocycles. The third kappa shape index (κ3) is 2.55. The highest BCUT2D eigenvalue weighted by Crippen LogP contribution is 2.16. The number of halogens is 1. The van der Waals surface area contributed by atoms with Crippen molar-refractivity contribution in [2.45, 2.75) is 12.5 Å². The predicted molar refractivity (Wildman–Crippen MR) is 70.5 cm³/mol. The van der Waals surface area contributed by atoms with Crippen LogP contribution in [0.4, 0.5) is 0 Å². The Kier molecular flexibility index (Phi) is 3.81. The minimum atomic E-state index is 0.109. The van der Waals surface area contributed by atoms with Crippen LogP contribution in [0.15, 0.2) is 24.3 Å². The zero-order valence-electron chi connectivity index (χ0n) is 9.15. The number of amides is 1. The average Bonchev–Trinajstić information content (AvgIpc) is 2.76. The van der Waals surface area contributed by atoms with Gasteiger partial charge in [0.15, 0.2) is 0 Å². The van der Waals surface area contributed by atoms with E-state index in [1.807, 2.05) is 29.2 Å². The summed E-state index contributed by atoms with van der Waals surface area (Å²) in [6.45, 7) is 1.50. The molecule has 1 saturated heterocycles. The fourth-order valence-electron chi connectivity index (χ4n) is 1.91. The van der Waals surface area contributed by atoms with E-state index in [1.165, 1.54) is 0 Å². The topological polar surface area (TPSA) is 29.5 Å². The summed E-state index contributed by atoms with van der Waals surface area (Å²) in [6.07, 6.45) is 1.14. The zero-order chi connectivity index (χ0) is 11.5.